The maximum atomic E-state index is 13.7. The lowest BCUT2D eigenvalue weighted by Crippen LogP contribution is -2.72. The number of imide groups is 1. The molecule has 0 bridgehead atoms. The van der Waals surface area contributed by atoms with Gasteiger partial charge in [0.2, 0.25) is 17.7 Å². The first-order valence-corrected chi connectivity index (χ1v) is 14.1. The maximum absolute atomic E-state index is 13.7. The molecule has 0 aliphatic heterocycles. The third kappa shape index (κ3) is 11.3. The van der Waals surface area contributed by atoms with Crippen molar-refractivity contribution in [3.8, 4) is 5.75 Å². The molecular weight excluding hydrogens is 592 g/mol. The molecule has 4 amide bonds. The van der Waals surface area contributed by atoms with E-state index >= 15 is 0 Å². The minimum absolute atomic E-state index is 0.0424. The fourth-order valence-corrected chi connectivity index (χ4v) is 4.19. The van der Waals surface area contributed by atoms with Crippen LogP contribution in [0.5, 0.6) is 5.75 Å². The van der Waals surface area contributed by atoms with E-state index < -0.39 is 77.6 Å². The Morgan fingerprint density at radius 2 is 1.53 bits per heavy atom. The van der Waals surface area contributed by atoms with Crippen LogP contribution in [0.1, 0.15) is 52.5 Å². The van der Waals surface area contributed by atoms with Crippen molar-refractivity contribution in [1.82, 2.24) is 15.5 Å². The van der Waals surface area contributed by atoms with Crippen molar-refractivity contribution in [3.63, 3.8) is 0 Å². The van der Waals surface area contributed by atoms with E-state index in [0.717, 1.165) is 0 Å². The number of carbonyl (C=O) groups excluding carboxylic acids is 4. The van der Waals surface area contributed by atoms with E-state index in [4.69, 9.17) is 22.9 Å². The van der Waals surface area contributed by atoms with Gasteiger partial charge in [0.05, 0.1) is 12.5 Å². The van der Waals surface area contributed by atoms with Crippen molar-refractivity contribution >= 4 is 41.5 Å². The number of aromatic hydroxyl groups is 1. The van der Waals surface area contributed by atoms with Crippen LogP contribution in [-0.4, -0.2) is 92.1 Å². The van der Waals surface area contributed by atoms with Crippen LogP contribution in [0.4, 0.5) is 0 Å². The molecule has 45 heavy (non-hydrogen) atoms. The van der Waals surface area contributed by atoms with Gasteiger partial charge in [0.25, 0.3) is 5.91 Å². The Hall–Kier alpha value is -4.77. The second kappa shape index (κ2) is 16.9. The highest BCUT2D eigenvalue weighted by atomic mass is 16.4. The number of aliphatic imine (C=N–C) groups is 1. The highest BCUT2D eigenvalue weighted by Crippen LogP contribution is 2.22. The molecule has 0 spiro atoms. The molecule has 4 atom stereocenters. The van der Waals surface area contributed by atoms with E-state index in [1.165, 1.54) is 52.0 Å². The van der Waals surface area contributed by atoms with Crippen molar-refractivity contribution in [2.75, 3.05) is 6.54 Å². The smallest absolute Gasteiger partial charge is 0.326 e. The van der Waals surface area contributed by atoms with Crippen LogP contribution in [0.3, 0.4) is 0 Å². The normalized spacial score (nSPS) is 14.4. The standard InChI is InChI=1S/C28H44N8O9/c1-14(2)21(22(40)34-19(25(43)44)12-16-7-9-17(37)10-8-16)35-26(45)28(32,13-20(38)39)36(23(41)15(3)4)24(42)18(29)6-5-11-33-27(30)31/h7-10,14-15,18-19,21,37H,5-6,11-13,29,32H2,1-4H3,(H,34,40)(H,35,45)(H,38,39)(H,43,44)(H4,30,31,33)/t18-,19-,21-,28-/m0/s1. The van der Waals surface area contributed by atoms with E-state index in [0.29, 0.717) is 10.5 Å². The number of phenolic OH excluding ortho intramolecular Hbond substituents is 1. The third-order valence-electron chi connectivity index (χ3n) is 6.66. The van der Waals surface area contributed by atoms with Crippen molar-refractivity contribution in [2.24, 2.45) is 39.8 Å². The summed E-state index contributed by atoms with van der Waals surface area (Å²) in [6.45, 7) is 5.93. The summed E-state index contributed by atoms with van der Waals surface area (Å²) < 4.78 is 0. The molecule has 0 aliphatic carbocycles. The minimum Gasteiger partial charge on any atom is -0.508 e. The second-order valence-electron chi connectivity index (χ2n) is 11.2. The van der Waals surface area contributed by atoms with E-state index in [1.807, 2.05) is 0 Å². The summed E-state index contributed by atoms with van der Waals surface area (Å²) in [5, 5.41) is 33.5. The quantitative estimate of drug-likeness (QED) is 0.0394. The first-order chi connectivity index (χ1) is 20.8. The topological polar surface area (TPSA) is 307 Å². The molecule has 250 valence electrons. The van der Waals surface area contributed by atoms with Gasteiger partial charge in [-0.3, -0.25) is 39.6 Å². The number of guanidine groups is 1. The highest BCUT2D eigenvalue weighted by Gasteiger charge is 2.50. The number of carboxylic acid groups (broad SMARTS) is 2. The van der Waals surface area contributed by atoms with Crippen molar-refractivity contribution < 1.29 is 44.1 Å². The number of hydrogen-bond donors (Lipinski definition) is 9. The molecule has 17 heteroatoms. The number of rotatable bonds is 17. The predicted octanol–water partition coefficient (Wildman–Crippen LogP) is -1.83. The van der Waals surface area contributed by atoms with Crippen molar-refractivity contribution in [2.45, 2.75) is 77.2 Å². The van der Waals surface area contributed by atoms with E-state index in [9.17, 15) is 44.1 Å². The Morgan fingerprint density at radius 1 is 0.956 bits per heavy atom. The lowest BCUT2D eigenvalue weighted by Gasteiger charge is -2.40. The molecule has 1 aromatic carbocycles. The van der Waals surface area contributed by atoms with Gasteiger partial charge < -0.3 is 43.2 Å². The van der Waals surface area contributed by atoms with Crippen LogP contribution in [-0.2, 0) is 35.2 Å². The van der Waals surface area contributed by atoms with Crippen molar-refractivity contribution in [1.29, 1.82) is 0 Å². The number of aliphatic carboxylic acids is 2. The molecule has 17 nitrogen and oxygen atoms in total. The molecule has 0 saturated heterocycles. The Kier molecular flexibility index (Phi) is 14.4. The van der Waals surface area contributed by atoms with Gasteiger partial charge in [-0.25, -0.2) is 4.79 Å². The molecule has 0 aromatic heterocycles. The number of amides is 4. The summed E-state index contributed by atoms with van der Waals surface area (Å²) in [4.78, 5) is 81.8. The molecule has 0 heterocycles. The number of carbonyl (C=O) groups is 6. The first kappa shape index (κ1) is 38.3. The number of nitrogens with two attached hydrogens (primary N) is 4. The van der Waals surface area contributed by atoms with Crippen LogP contribution < -0.4 is 33.6 Å². The average molecular weight is 637 g/mol. The molecule has 0 saturated carbocycles. The number of phenols is 1. The van der Waals surface area contributed by atoms with E-state index in [1.54, 1.807) is 0 Å². The Labute approximate surface area is 260 Å². The molecule has 0 fully saturated rings. The molecule has 0 aliphatic rings. The number of nitrogens with zero attached hydrogens (tertiary/aromatic N) is 2. The largest absolute Gasteiger partial charge is 0.508 e. The molecular formula is C28H44N8O9. The Balaban J connectivity index is 3.40. The average Bonchev–Trinajstić information content (AvgIpc) is 2.93. The zero-order valence-corrected chi connectivity index (χ0v) is 25.7. The summed E-state index contributed by atoms with van der Waals surface area (Å²) in [6, 6.07) is 1.28. The lowest BCUT2D eigenvalue weighted by atomic mass is 9.96. The summed E-state index contributed by atoms with van der Waals surface area (Å²) in [6.07, 6.45) is -1.28. The van der Waals surface area contributed by atoms with Crippen LogP contribution in [0.2, 0.25) is 0 Å². The fraction of sp³-hybridized carbons (Fsp3) is 0.536. The summed E-state index contributed by atoms with van der Waals surface area (Å²) in [7, 11) is 0. The third-order valence-corrected chi connectivity index (χ3v) is 6.66. The SMILES string of the molecule is CC(C)C(=O)N(C(=O)[C@@H](N)CCCN=C(N)N)[C@@](N)(CC(=O)O)C(=O)N[C@H](C(=O)N[C@@H](Cc1ccc(O)cc1)C(=O)O)C(C)C. The summed E-state index contributed by atoms with van der Waals surface area (Å²) >= 11 is 0. The van der Waals surface area contributed by atoms with E-state index in [-0.39, 0.29) is 37.5 Å². The van der Waals surface area contributed by atoms with Crippen LogP contribution in [0, 0.1) is 11.8 Å². The van der Waals surface area contributed by atoms with Gasteiger partial charge in [-0.15, -0.1) is 0 Å². The summed E-state index contributed by atoms with van der Waals surface area (Å²) in [5.41, 5.74) is 20.5. The lowest BCUT2D eigenvalue weighted by molar-refractivity contribution is -0.164. The zero-order chi connectivity index (χ0) is 34.6. The molecule has 13 N–H and O–H groups in total. The molecule has 0 unspecified atom stereocenters. The van der Waals surface area contributed by atoms with Gasteiger partial charge >= 0.3 is 11.9 Å². The first-order valence-electron chi connectivity index (χ1n) is 14.1. The van der Waals surface area contributed by atoms with Crippen LogP contribution in [0.15, 0.2) is 29.3 Å². The minimum atomic E-state index is -2.84. The van der Waals surface area contributed by atoms with Crippen molar-refractivity contribution in [3.05, 3.63) is 29.8 Å². The van der Waals surface area contributed by atoms with Gasteiger partial charge in [-0.2, -0.15) is 0 Å². The van der Waals surface area contributed by atoms with Gasteiger partial charge in [0, 0.05) is 18.9 Å². The molecule has 0 radical (unpaired) electrons. The Morgan fingerprint density at radius 3 is 2.00 bits per heavy atom. The maximum Gasteiger partial charge on any atom is 0.326 e. The van der Waals surface area contributed by atoms with Gasteiger partial charge in [-0.1, -0.05) is 39.8 Å². The number of carboxylic acids is 2. The monoisotopic (exact) mass is 636 g/mol. The second-order valence-corrected chi connectivity index (χ2v) is 11.2. The highest BCUT2D eigenvalue weighted by molar-refractivity contribution is 6.06. The summed E-state index contributed by atoms with van der Waals surface area (Å²) in [5.74, 6) is -9.35. The number of benzene rings is 1. The van der Waals surface area contributed by atoms with Crippen LogP contribution in [0.25, 0.3) is 0 Å². The zero-order valence-electron chi connectivity index (χ0n) is 25.7. The predicted molar refractivity (Wildman–Crippen MR) is 162 cm³/mol. The van der Waals surface area contributed by atoms with Crippen LogP contribution >= 0.6 is 0 Å². The number of nitrogens with one attached hydrogen (secondary N) is 2. The number of hydrogen-bond acceptors (Lipinski definition) is 10. The van der Waals surface area contributed by atoms with Gasteiger partial charge in [-0.05, 0) is 36.5 Å². The molecule has 1 aromatic rings. The van der Waals surface area contributed by atoms with Gasteiger partial charge in [0.1, 0.15) is 17.8 Å². The van der Waals surface area contributed by atoms with E-state index in [2.05, 4.69) is 15.6 Å². The Bertz CT molecular complexity index is 1260. The molecule has 1 rings (SSSR count). The van der Waals surface area contributed by atoms with Gasteiger partial charge in [0.15, 0.2) is 11.6 Å². The fourth-order valence-electron chi connectivity index (χ4n) is 4.19.